The molecule has 2 saturated heterocycles. The van der Waals surface area contributed by atoms with Crippen LogP contribution >= 0.6 is 0 Å². The number of hydrogen-bond donors (Lipinski definition) is 1. The van der Waals surface area contributed by atoms with Gasteiger partial charge in [-0.2, -0.15) is 0 Å². The summed E-state index contributed by atoms with van der Waals surface area (Å²) in [7, 11) is 0. The summed E-state index contributed by atoms with van der Waals surface area (Å²) in [5, 5.41) is 3.56. The second kappa shape index (κ2) is 6.39. The number of amides is 1. The second-order valence-electron chi connectivity index (χ2n) is 5.75. The van der Waals surface area contributed by atoms with Crippen molar-refractivity contribution in [3.05, 3.63) is 0 Å². The fraction of sp³-hybridized carbons (Fsp3) is 0.929. The van der Waals surface area contributed by atoms with Crippen LogP contribution in [-0.4, -0.2) is 36.5 Å². The van der Waals surface area contributed by atoms with E-state index in [0.717, 1.165) is 44.8 Å². The van der Waals surface area contributed by atoms with Gasteiger partial charge >= 0.3 is 0 Å². The van der Waals surface area contributed by atoms with E-state index in [9.17, 15) is 4.79 Å². The molecule has 0 saturated carbocycles. The molecule has 2 rings (SSSR count). The van der Waals surface area contributed by atoms with Crippen molar-refractivity contribution in [3.8, 4) is 0 Å². The van der Waals surface area contributed by atoms with Crippen LogP contribution in [0.4, 0.5) is 0 Å². The highest BCUT2D eigenvalue weighted by molar-refractivity contribution is 5.76. The van der Waals surface area contributed by atoms with Crippen molar-refractivity contribution in [2.75, 3.05) is 19.6 Å². The molecule has 0 aliphatic carbocycles. The van der Waals surface area contributed by atoms with Crippen LogP contribution in [0.3, 0.4) is 0 Å². The van der Waals surface area contributed by atoms with Crippen molar-refractivity contribution >= 4 is 5.91 Å². The zero-order chi connectivity index (χ0) is 12.1. The van der Waals surface area contributed by atoms with Gasteiger partial charge in [0.25, 0.3) is 0 Å². The fourth-order valence-electron chi connectivity index (χ4n) is 2.89. The van der Waals surface area contributed by atoms with Crippen molar-refractivity contribution in [1.82, 2.24) is 10.2 Å². The highest BCUT2D eigenvalue weighted by Crippen LogP contribution is 2.18. The molecule has 17 heavy (non-hydrogen) atoms. The Labute approximate surface area is 105 Å². The monoisotopic (exact) mass is 238 g/mol. The molecule has 2 aliphatic rings. The summed E-state index contributed by atoms with van der Waals surface area (Å²) in [5.74, 6) is 1.10. The molecule has 2 unspecified atom stereocenters. The van der Waals surface area contributed by atoms with E-state index in [4.69, 9.17) is 0 Å². The highest BCUT2D eigenvalue weighted by Gasteiger charge is 2.21. The van der Waals surface area contributed by atoms with Crippen LogP contribution < -0.4 is 5.32 Å². The zero-order valence-corrected chi connectivity index (χ0v) is 11.1. The lowest BCUT2D eigenvalue weighted by Gasteiger charge is -2.27. The van der Waals surface area contributed by atoms with E-state index in [1.807, 2.05) is 0 Å². The number of likely N-dealkylation sites (tertiary alicyclic amines) is 1. The normalized spacial score (nSPS) is 31.4. The van der Waals surface area contributed by atoms with Gasteiger partial charge in [-0.1, -0.05) is 13.3 Å². The number of hydrogen-bond acceptors (Lipinski definition) is 2. The maximum absolute atomic E-state index is 11.9. The Morgan fingerprint density at radius 3 is 2.94 bits per heavy atom. The van der Waals surface area contributed by atoms with Crippen molar-refractivity contribution in [1.29, 1.82) is 0 Å². The summed E-state index contributed by atoms with van der Waals surface area (Å²) in [6.45, 7) is 5.37. The van der Waals surface area contributed by atoms with E-state index in [-0.39, 0.29) is 0 Å². The van der Waals surface area contributed by atoms with Gasteiger partial charge in [0.2, 0.25) is 5.91 Å². The Balaban J connectivity index is 1.74. The minimum Gasteiger partial charge on any atom is -0.343 e. The van der Waals surface area contributed by atoms with Gasteiger partial charge in [-0.15, -0.1) is 0 Å². The second-order valence-corrected chi connectivity index (χ2v) is 5.75. The van der Waals surface area contributed by atoms with E-state index >= 15 is 0 Å². The Morgan fingerprint density at radius 1 is 1.29 bits per heavy atom. The van der Waals surface area contributed by atoms with Gasteiger partial charge in [-0.25, -0.2) is 0 Å². The molecule has 2 heterocycles. The smallest absolute Gasteiger partial charge is 0.222 e. The van der Waals surface area contributed by atoms with Crippen molar-refractivity contribution in [2.45, 2.75) is 57.9 Å². The van der Waals surface area contributed by atoms with Gasteiger partial charge in [-0.05, 0) is 44.6 Å². The van der Waals surface area contributed by atoms with Crippen molar-refractivity contribution in [2.24, 2.45) is 5.92 Å². The fourth-order valence-corrected chi connectivity index (χ4v) is 2.89. The number of piperidine rings is 1. The van der Waals surface area contributed by atoms with Crippen LogP contribution in [0, 0.1) is 5.92 Å². The lowest BCUT2D eigenvalue weighted by molar-refractivity contribution is -0.130. The maximum atomic E-state index is 11.9. The van der Waals surface area contributed by atoms with Crippen LogP contribution in [-0.2, 0) is 4.79 Å². The van der Waals surface area contributed by atoms with Crippen LogP contribution in [0.1, 0.15) is 51.9 Å². The molecule has 0 radical (unpaired) electrons. The summed E-state index contributed by atoms with van der Waals surface area (Å²) in [4.78, 5) is 14.0. The average molecular weight is 238 g/mol. The first-order chi connectivity index (χ1) is 8.25. The molecule has 0 aromatic carbocycles. The zero-order valence-electron chi connectivity index (χ0n) is 11.1. The van der Waals surface area contributed by atoms with E-state index in [1.54, 1.807) is 0 Å². The number of carbonyl (C=O) groups is 1. The third-order valence-electron chi connectivity index (χ3n) is 4.26. The third kappa shape index (κ3) is 3.98. The van der Waals surface area contributed by atoms with Gasteiger partial charge < -0.3 is 10.2 Å². The first kappa shape index (κ1) is 12.9. The van der Waals surface area contributed by atoms with Gasteiger partial charge in [-0.3, -0.25) is 4.79 Å². The lowest BCUT2D eigenvalue weighted by Crippen LogP contribution is -2.39. The largest absolute Gasteiger partial charge is 0.343 e. The van der Waals surface area contributed by atoms with Crippen LogP contribution in [0.25, 0.3) is 0 Å². The maximum Gasteiger partial charge on any atom is 0.222 e. The molecule has 2 aliphatic heterocycles. The average Bonchev–Trinajstić information content (AvgIpc) is 2.52. The molecule has 98 valence electrons. The molecule has 3 nitrogen and oxygen atoms in total. The van der Waals surface area contributed by atoms with Crippen molar-refractivity contribution < 1.29 is 4.79 Å². The van der Waals surface area contributed by atoms with Gasteiger partial charge in [0, 0.05) is 25.6 Å². The summed E-state index contributed by atoms with van der Waals surface area (Å²) >= 11 is 0. The summed E-state index contributed by atoms with van der Waals surface area (Å²) in [5.41, 5.74) is 0. The predicted octanol–water partition coefficient (Wildman–Crippen LogP) is 2.17. The van der Waals surface area contributed by atoms with Crippen LogP contribution in [0.2, 0.25) is 0 Å². The molecule has 0 aromatic rings. The highest BCUT2D eigenvalue weighted by atomic mass is 16.2. The Morgan fingerprint density at radius 2 is 2.18 bits per heavy atom. The van der Waals surface area contributed by atoms with Crippen LogP contribution in [0.15, 0.2) is 0 Å². The Hall–Kier alpha value is -0.570. The molecular weight excluding hydrogens is 212 g/mol. The number of rotatable bonds is 3. The quantitative estimate of drug-likeness (QED) is 0.817. The molecular formula is C14H26N2O. The molecule has 0 aromatic heterocycles. The Kier molecular flexibility index (Phi) is 4.84. The van der Waals surface area contributed by atoms with E-state index < -0.39 is 0 Å². The SMILES string of the molecule is CC1CCC(=O)N(CCC2CCCCN2)CC1. The molecule has 3 heteroatoms. The van der Waals surface area contributed by atoms with E-state index in [2.05, 4.69) is 17.1 Å². The van der Waals surface area contributed by atoms with Crippen LogP contribution in [0.5, 0.6) is 0 Å². The summed E-state index contributed by atoms with van der Waals surface area (Å²) < 4.78 is 0. The number of carbonyl (C=O) groups excluding carboxylic acids is 1. The van der Waals surface area contributed by atoms with Gasteiger partial charge in [0.1, 0.15) is 0 Å². The summed E-state index contributed by atoms with van der Waals surface area (Å²) in [6, 6.07) is 0.650. The summed E-state index contributed by atoms with van der Waals surface area (Å²) in [6.07, 6.45) is 8.12. The molecule has 1 amide bonds. The molecule has 0 spiro atoms. The van der Waals surface area contributed by atoms with Gasteiger partial charge in [0.15, 0.2) is 0 Å². The minimum atomic E-state index is 0.380. The first-order valence-corrected chi connectivity index (χ1v) is 7.27. The first-order valence-electron chi connectivity index (χ1n) is 7.27. The molecule has 2 fully saturated rings. The molecule has 2 atom stereocenters. The molecule has 0 bridgehead atoms. The van der Waals surface area contributed by atoms with E-state index in [1.165, 1.54) is 25.7 Å². The van der Waals surface area contributed by atoms with Gasteiger partial charge in [0.05, 0.1) is 0 Å². The lowest BCUT2D eigenvalue weighted by atomic mass is 10.0. The number of nitrogens with one attached hydrogen (secondary N) is 1. The standard InChI is InChI=1S/C14H26N2O/c1-12-5-6-14(17)16(10-7-12)11-8-13-4-2-3-9-15-13/h12-13,15H,2-11H2,1H3. The molecule has 1 N–H and O–H groups in total. The topological polar surface area (TPSA) is 32.3 Å². The minimum absolute atomic E-state index is 0.380. The van der Waals surface area contributed by atoms with E-state index in [0.29, 0.717) is 11.9 Å². The third-order valence-corrected chi connectivity index (χ3v) is 4.26. The Bertz CT molecular complexity index is 249. The van der Waals surface area contributed by atoms with Crippen molar-refractivity contribution in [3.63, 3.8) is 0 Å². The predicted molar refractivity (Wildman–Crippen MR) is 69.9 cm³/mol. The number of nitrogens with zero attached hydrogens (tertiary/aromatic N) is 1.